The summed E-state index contributed by atoms with van der Waals surface area (Å²) in [6.45, 7) is 4.06. The molecular weight excluding hydrogens is 242 g/mol. The van der Waals surface area contributed by atoms with Crippen molar-refractivity contribution in [2.45, 2.75) is 52.0 Å². The molecule has 0 atom stereocenters. The molecule has 1 fully saturated rings. The lowest BCUT2D eigenvalue weighted by molar-refractivity contribution is 0.0526. The van der Waals surface area contributed by atoms with Gasteiger partial charge in [-0.3, -0.25) is 5.10 Å². The van der Waals surface area contributed by atoms with E-state index in [1.165, 1.54) is 32.1 Å². The van der Waals surface area contributed by atoms with Crippen molar-refractivity contribution in [2.24, 2.45) is 0 Å². The molecular formula is C14H23N3O2. The number of carbonyl (C=O) groups excluding carboxylic acids is 1. The minimum absolute atomic E-state index is 0.286. The molecule has 1 aromatic rings. The molecule has 0 aliphatic heterocycles. The zero-order chi connectivity index (χ0) is 13.8. The molecule has 1 aliphatic rings. The van der Waals surface area contributed by atoms with E-state index in [2.05, 4.69) is 15.1 Å². The lowest BCUT2D eigenvalue weighted by Gasteiger charge is -2.31. The number of hydrogen-bond donors (Lipinski definition) is 1. The predicted octanol–water partition coefficient (Wildman–Crippen LogP) is 2.66. The SMILES string of the molecule is CCOC(=O)c1c(N(C)C2CCCCC2)n[nH]c1C. The van der Waals surface area contributed by atoms with E-state index in [4.69, 9.17) is 4.74 Å². The summed E-state index contributed by atoms with van der Waals surface area (Å²) >= 11 is 0. The molecule has 0 saturated heterocycles. The van der Waals surface area contributed by atoms with Crippen LogP contribution in [-0.4, -0.2) is 35.9 Å². The molecule has 1 heterocycles. The minimum atomic E-state index is -0.286. The standard InChI is InChI=1S/C14H23N3O2/c1-4-19-14(18)12-10(2)15-16-13(12)17(3)11-8-6-5-7-9-11/h11H,4-9H2,1-3H3,(H,15,16). The molecule has 1 saturated carbocycles. The Morgan fingerprint density at radius 1 is 1.42 bits per heavy atom. The van der Waals surface area contributed by atoms with E-state index in [-0.39, 0.29) is 5.97 Å². The van der Waals surface area contributed by atoms with Crippen molar-refractivity contribution in [3.05, 3.63) is 11.3 Å². The van der Waals surface area contributed by atoms with Gasteiger partial charge in [0.1, 0.15) is 5.56 Å². The first kappa shape index (κ1) is 13.9. The van der Waals surface area contributed by atoms with E-state index in [0.717, 1.165) is 11.5 Å². The van der Waals surface area contributed by atoms with Crippen molar-refractivity contribution < 1.29 is 9.53 Å². The third-order valence-electron chi connectivity index (χ3n) is 3.86. The number of ether oxygens (including phenoxy) is 1. The van der Waals surface area contributed by atoms with E-state index in [1.54, 1.807) is 0 Å². The molecule has 1 aliphatic carbocycles. The lowest BCUT2D eigenvalue weighted by Crippen LogP contribution is -2.34. The van der Waals surface area contributed by atoms with E-state index in [9.17, 15) is 4.79 Å². The number of nitrogens with one attached hydrogen (secondary N) is 1. The summed E-state index contributed by atoms with van der Waals surface area (Å²) in [5.41, 5.74) is 1.35. The Labute approximate surface area is 114 Å². The highest BCUT2D eigenvalue weighted by Crippen LogP contribution is 2.28. The van der Waals surface area contributed by atoms with Crippen LogP contribution in [-0.2, 0) is 4.74 Å². The zero-order valence-corrected chi connectivity index (χ0v) is 12.0. The van der Waals surface area contributed by atoms with Crippen LogP contribution >= 0.6 is 0 Å². The number of carbonyl (C=O) groups is 1. The molecule has 0 bridgehead atoms. The lowest BCUT2D eigenvalue weighted by atomic mass is 9.94. The number of aromatic nitrogens is 2. The first-order valence-electron chi connectivity index (χ1n) is 7.10. The highest BCUT2D eigenvalue weighted by molar-refractivity contribution is 5.96. The monoisotopic (exact) mass is 265 g/mol. The van der Waals surface area contributed by atoms with Gasteiger partial charge in [-0.25, -0.2) is 4.79 Å². The summed E-state index contributed by atoms with van der Waals surface area (Å²) in [7, 11) is 2.02. The van der Waals surface area contributed by atoms with Gasteiger partial charge in [-0.15, -0.1) is 0 Å². The van der Waals surface area contributed by atoms with E-state index < -0.39 is 0 Å². The summed E-state index contributed by atoms with van der Waals surface area (Å²) in [6.07, 6.45) is 6.17. The van der Waals surface area contributed by atoms with Gasteiger partial charge >= 0.3 is 5.97 Å². The second kappa shape index (κ2) is 6.08. The van der Waals surface area contributed by atoms with Gasteiger partial charge in [0.15, 0.2) is 5.82 Å². The van der Waals surface area contributed by atoms with Crippen molar-refractivity contribution >= 4 is 11.8 Å². The number of aromatic amines is 1. The normalized spacial score (nSPS) is 16.4. The first-order valence-corrected chi connectivity index (χ1v) is 7.10. The summed E-state index contributed by atoms with van der Waals surface area (Å²) in [6, 6.07) is 0.477. The summed E-state index contributed by atoms with van der Waals surface area (Å²) in [5.74, 6) is 0.439. The number of H-pyrrole nitrogens is 1. The van der Waals surface area contributed by atoms with Crippen LogP contribution in [0.1, 0.15) is 55.1 Å². The molecule has 19 heavy (non-hydrogen) atoms. The van der Waals surface area contributed by atoms with Gasteiger partial charge in [0.05, 0.1) is 6.61 Å². The van der Waals surface area contributed by atoms with Crippen molar-refractivity contribution in [2.75, 3.05) is 18.6 Å². The number of rotatable bonds is 4. The van der Waals surface area contributed by atoms with Crippen molar-refractivity contribution in [3.8, 4) is 0 Å². The second-order valence-corrected chi connectivity index (χ2v) is 5.17. The second-order valence-electron chi connectivity index (χ2n) is 5.17. The molecule has 1 aromatic heterocycles. The molecule has 0 radical (unpaired) electrons. The van der Waals surface area contributed by atoms with Crippen LogP contribution in [0.3, 0.4) is 0 Å². The van der Waals surface area contributed by atoms with Gasteiger partial charge in [0, 0.05) is 18.8 Å². The Morgan fingerprint density at radius 3 is 2.74 bits per heavy atom. The Kier molecular flexibility index (Phi) is 4.45. The van der Waals surface area contributed by atoms with Crippen LogP contribution in [0.15, 0.2) is 0 Å². The van der Waals surface area contributed by atoms with E-state index in [0.29, 0.717) is 18.2 Å². The van der Waals surface area contributed by atoms with E-state index in [1.807, 2.05) is 20.9 Å². The number of anilines is 1. The topological polar surface area (TPSA) is 58.2 Å². The Balaban J connectivity index is 2.21. The van der Waals surface area contributed by atoms with E-state index >= 15 is 0 Å². The van der Waals surface area contributed by atoms with Crippen LogP contribution in [0.25, 0.3) is 0 Å². The average molecular weight is 265 g/mol. The van der Waals surface area contributed by atoms with Gasteiger partial charge < -0.3 is 9.64 Å². The molecule has 5 heteroatoms. The summed E-state index contributed by atoms with van der Waals surface area (Å²) in [4.78, 5) is 14.2. The minimum Gasteiger partial charge on any atom is -0.462 e. The number of nitrogens with zero attached hydrogens (tertiary/aromatic N) is 2. The Bertz CT molecular complexity index is 436. The average Bonchev–Trinajstić information content (AvgIpc) is 2.81. The number of aryl methyl sites for hydroxylation is 1. The van der Waals surface area contributed by atoms with Crippen molar-refractivity contribution in [1.82, 2.24) is 10.2 Å². The maximum absolute atomic E-state index is 12.0. The van der Waals surface area contributed by atoms with Crippen molar-refractivity contribution in [1.29, 1.82) is 0 Å². The number of esters is 1. The Hall–Kier alpha value is -1.52. The molecule has 0 spiro atoms. The molecule has 1 N–H and O–H groups in total. The maximum Gasteiger partial charge on any atom is 0.343 e. The van der Waals surface area contributed by atoms with Gasteiger partial charge in [0.25, 0.3) is 0 Å². The summed E-state index contributed by atoms with van der Waals surface area (Å²) in [5, 5.41) is 7.20. The highest BCUT2D eigenvalue weighted by Gasteiger charge is 2.26. The van der Waals surface area contributed by atoms with Gasteiger partial charge in [-0.2, -0.15) is 5.10 Å². The molecule has 5 nitrogen and oxygen atoms in total. The fourth-order valence-electron chi connectivity index (χ4n) is 2.76. The first-order chi connectivity index (χ1) is 9.15. The quantitative estimate of drug-likeness (QED) is 0.850. The van der Waals surface area contributed by atoms with Gasteiger partial charge in [-0.05, 0) is 26.7 Å². The summed E-state index contributed by atoms with van der Waals surface area (Å²) < 4.78 is 5.12. The van der Waals surface area contributed by atoms with Crippen LogP contribution in [0.2, 0.25) is 0 Å². The van der Waals surface area contributed by atoms with Crippen LogP contribution in [0.5, 0.6) is 0 Å². The van der Waals surface area contributed by atoms with Crippen LogP contribution in [0, 0.1) is 6.92 Å². The van der Waals surface area contributed by atoms with Gasteiger partial charge in [-0.1, -0.05) is 19.3 Å². The predicted molar refractivity (Wildman–Crippen MR) is 74.6 cm³/mol. The fourth-order valence-corrected chi connectivity index (χ4v) is 2.76. The Morgan fingerprint density at radius 2 is 2.11 bits per heavy atom. The maximum atomic E-state index is 12.0. The van der Waals surface area contributed by atoms with Crippen LogP contribution < -0.4 is 4.90 Å². The highest BCUT2D eigenvalue weighted by atomic mass is 16.5. The molecule has 106 valence electrons. The molecule has 0 aromatic carbocycles. The number of hydrogen-bond acceptors (Lipinski definition) is 4. The third-order valence-corrected chi connectivity index (χ3v) is 3.86. The fraction of sp³-hybridized carbons (Fsp3) is 0.714. The van der Waals surface area contributed by atoms with Gasteiger partial charge in [0.2, 0.25) is 0 Å². The molecule has 2 rings (SSSR count). The van der Waals surface area contributed by atoms with Crippen molar-refractivity contribution in [3.63, 3.8) is 0 Å². The third kappa shape index (κ3) is 2.91. The molecule has 0 unspecified atom stereocenters. The molecule has 0 amide bonds. The van der Waals surface area contributed by atoms with Crippen LogP contribution in [0.4, 0.5) is 5.82 Å². The smallest absolute Gasteiger partial charge is 0.343 e. The largest absolute Gasteiger partial charge is 0.462 e. The zero-order valence-electron chi connectivity index (χ0n) is 12.0.